The molecular formula is C6H12O4S2. The molecule has 1 saturated heterocycles. The highest BCUT2D eigenvalue weighted by molar-refractivity contribution is 7.91. The maximum Gasteiger partial charge on any atom is 0.153 e. The minimum Gasteiger partial charge on any atom is -0.306 e. The molecule has 2 unspecified atom stereocenters. The maximum absolute atomic E-state index is 11.1. The quantitative estimate of drug-likeness (QED) is 0.656. The number of rotatable bonds is 2. The smallest absolute Gasteiger partial charge is 0.153 e. The van der Waals surface area contributed by atoms with Crippen molar-refractivity contribution in [1.82, 2.24) is 0 Å². The van der Waals surface area contributed by atoms with Crippen molar-refractivity contribution in [2.45, 2.75) is 12.8 Å². The van der Waals surface area contributed by atoms with Crippen molar-refractivity contribution in [3.63, 3.8) is 0 Å². The molecule has 0 aromatic carbocycles. The van der Waals surface area contributed by atoms with Gasteiger partial charge >= 0.3 is 0 Å². The first-order chi connectivity index (χ1) is 5.49. The molecule has 0 aromatic heterocycles. The summed E-state index contributed by atoms with van der Waals surface area (Å²) < 4.78 is 41.1. The molecular weight excluding hydrogens is 200 g/mol. The normalized spacial score (nSPS) is 31.2. The Labute approximate surface area is 74.6 Å². The molecule has 1 fully saturated rings. The lowest BCUT2D eigenvalue weighted by atomic mass is 10.1. The van der Waals surface area contributed by atoms with Crippen molar-refractivity contribution >= 4 is 20.9 Å². The summed E-state index contributed by atoms with van der Waals surface area (Å²) in [4.78, 5) is 0. The summed E-state index contributed by atoms with van der Waals surface area (Å²) in [5, 5.41) is 0. The van der Waals surface area contributed by atoms with Crippen LogP contribution in [0.15, 0.2) is 0 Å². The van der Waals surface area contributed by atoms with Gasteiger partial charge < -0.3 is 4.55 Å². The van der Waals surface area contributed by atoms with Gasteiger partial charge in [0.1, 0.15) is 0 Å². The summed E-state index contributed by atoms with van der Waals surface area (Å²) in [5.41, 5.74) is 0. The van der Waals surface area contributed by atoms with Gasteiger partial charge in [-0.2, -0.15) is 0 Å². The topological polar surface area (TPSA) is 71.4 Å². The molecule has 12 heavy (non-hydrogen) atoms. The minimum atomic E-state index is -2.92. The summed E-state index contributed by atoms with van der Waals surface area (Å²) in [6, 6.07) is 0. The van der Waals surface area contributed by atoms with E-state index >= 15 is 0 Å². The standard InChI is InChI=1S/C6H12O4S2/c7-11(8)4-6-2-1-3-12(9,10)5-6/h6H,1-5H2,(H,7,8). The Morgan fingerprint density at radius 2 is 2.17 bits per heavy atom. The highest BCUT2D eigenvalue weighted by Gasteiger charge is 2.25. The predicted molar refractivity (Wildman–Crippen MR) is 47.0 cm³/mol. The van der Waals surface area contributed by atoms with Gasteiger partial charge in [-0.05, 0) is 18.8 Å². The van der Waals surface area contributed by atoms with E-state index in [1.54, 1.807) is 0 Å². The second kappa shape index (κ2) is 3.85. The average molecular weight is 212 g/mol. The van der Waals surface area contributed by atoms with Crippen LogP contribution in [0.3, 0.4) is 0 Å². The molecule has 2 atom stereocenters. The summed E-state index contributed by atoms with van der Waals surface area (Å²) in [7, 11) is -2.92. The van der Waals surface area contributed by atoms with Crippen LogP contribution in [0.25, 0.3) is 0 Å². The SMILES string of the molecule is O=S(O)CC1CCCS(=O)(=O)C1. The zero-order chi connectivity index (χ0) is 9.19. The Morgan fingerprint density at radius 3 is 2.67 bits per heavy atom. The third-order valence-corrected chi connectivity index (χ3v) is 4.58. The van der Waals surface area contributed by atoms with Gasteiger partial charge in [-0.3, -0.25) is 0 Å². The molecule has 6 heteroatoms. The fourth-order valence-electron chi connectivity index (χ4n) is 1.45. The van der Waals surface area contributed by atoms with Crippen LogP contribution in [0.2, 0.25) is 0 Å². The lowest BCUT2D eigenvalue weighted by Gasteiger charge is -2.19. The zero-order valence-corrected chi connectivity index (χ0v) is 8.23. The van der Waals surface area contributed by atoms with Gasteiger partial charge in [0.05, 0.1) is 17.3 Å². The average Bonchev–Trinajstić information content (AvgIpc) is 1.82. The zero-order valence-electron chi connectivity index (χ0n) is 6.60. The van der Waals surface area contributed by atoms with E-state index in [4.69, 9.17) is 4.55 Å². The third-order valence-electron chi connectivity index (χ3n) is 1.94. The van der Waals surface area contributed by atoms with Gasteiger partial charge in [-0.25, -0.2) is 12.6 Å². The van der Waals surface area contributed by atoms with Crippen LogP contribution in [-0.4, -0.2) is 34.4 Å². The van der Waals surface area contributed by atoms with Crippen LogP contribution in [0.1, 0.15) is 12.8 Å². The number of hydrogen-bond acceptors (Lipinski definition) is 3. The van der Waals surface area contributed by atoms with Gasteiger partial charge in [0, 0.05) is 0 Å². The summed E-state index contributed by atoms with van der Waals surface area (Å²) in [6.07, 6.45) is 1.38. The van der Waals surface area contributed by atoms with E-state index in [1.807, 2.05) is 0 Å². The second-order valence-corrected chi connectivity index (χ2v) is 6.32. The lowest BCUT2D eigenvalue weighted by Crippen LogP contribution is -2.28. The molecule has 1 heterocycles. The van der Waals surface area contributed by atoms with Gasteiger partial charge in [0.15, 0.2) is 20.9 Å². The summed E-state index contributed by atoms with van der Waals surface area (Å²) in [6.45, 7) is 0. The summed E-state index contributed by atoms with van der Waals surface area (Å²) in [5.74, 6) is 0.301. The van der Waals surface area contributed by atoms with E-state index in [2.05, 4.69) is 0 Å². The molecule has 72 valence electrons. The molecule has 0 aromatic rings. The van der Waals surface area contributed by atoms with E-state index in [9.17, 15) is 12.6 Å². The first kappa shape index (κ1) is 10.1. The van der Waals surface area contributed by atoms with Crippen molar-refractivity contribution in [3.8, 4) is 0 Å². The number of hydrogen-bond donors (Lipinski definition) is 1. The van der Waals surface area contributed by atoms with E-state index in [-0.39, 0.29) is 23.2 Å². The number of sulfone groups is 1. The first-order valence-electron chi connectivity index (χ1n) is 3.77. The van der Waals surface area contributed by atoms with Crippen molar-refractivity contribution < 1.29 is 17.2 Å². The Kier molecular flexibility index (Phi) is 3.25. The minimum absolute atomic E-state index is 0.0826. The fourth-order valence-corrected chi connectivity index (χ4v) is 4.06. The van der Waals surface area contributed by atoms with E-state index in [0.29, 0.717) is 6.42 Å². The molecule has 4 nitrogen and oxygen atoms in total. The Bertz CT molecular complexity index is 269. The van der Waals surface area contributed by atoms with Crippen LogP contribution >= 0.6 is 0 Å². The molecule has 1 rings (SSSR count). The Balaban J connectivity index is 2.53. The summed E-state index contributed by atoms with van der Waals surface area (Å²) >= 11 is -1.86. The molecule has 0 spiro atoms. The van der Waals surface area contributed by atoms with Gasteiger partial charge in [0.2, 0.25) is 0 Å². The molecule has 0 saturated carbocycles. The largest absolute Gasteiger partial charge is 0.306 e. The molecule has 0 radical (unpaired) electrons. The van der Waals surface area contributed by atoms with Crippen molar-refractivity contribution in [2.24, 2.45) is 5.92 Å². The molecule has 0 amide bonds. The maximum atomic E-state index is 11.1. The van der Waals surface area contributed by atoms with Crippen LogP contribution < -0.4 is 0 Å². The molecule has 1 aliphatic rings. The van der Waals surface area contributed by atoms with Crippen molar-refractivity contribution in [2.75, 3.05) is 17.3 Å². The highest BCUT2D eigenvalue weighted by atomic mass is 32.2. The molecule has 0 aliphatic carbocycles. The van der Waals surface area contributed by atoms with Crippen LogP contribution in [0.4, 0.5) is 0 Å². The predicted octanol–water partition coefficient (Wildman–Crippen LogP) is 0.0329. The third kappa shape index (κ3) is 3.20. The van der Waals surface area contributed by atoms with Gasteiger partial charge in [0.25, 0.3) is 0 Å². The van der Waals surface area contributed by atoms with Crippen LogP contribution in [0.5, 0.6) is 0 Å². The Morgan fingerprint density at radius 1 is 1.50 bits per heavy atom. The highest BCUT2D eigenvalue weighted by Crippen LogP contribution is 2.18. The molecule has 1 N–H and O–H groups in total. The monoisotopic (exact) mass is 212 g/mol. The lowest BCUT2D eigenvalue weighted by molar-refractivity contribution is 0.500. The van der Waals surface area contributed by atoms with Gasteiger partial charge in [-0.1, -0.05) is 0 Å². The van der Waals surface area contributed by atoms with E-state index in [0.717, 1.165) is 6.42 Å². The van der Waals surface area contributed by atoms with Crippen LogP contribution in [-0.2, 0) is 20.9 Å². The fraction of sp³-hybridized carbons (Fsp3) is 1.00. The second-order valence-electron chi connectivity index (χ2n) is 3.11. The van der Waals surface area contributed by atoms with Crippen molar-refractivity contribution in [1.29, 1.82) is 0 Å². The van der Waals surface area contributed by atoms with Gasteiger partial charge in [-0.15, -0.1) is 0 Å². The molecule has 1 aliphatic heterocycles. The first-order valence-corrected chi connectivity index (χ1v) is 6.87. The van der Waals surface area contributed by atoms with E-state index in [1.165, 1.54) is 0 Å². The van der Waals surface area contributed by atoms with E-state index < -0.39 is 20.9 Å². The Hall–Kier alpha value is 0.0600. The van der Waals surface area contributed by atoms with Crippen LogP contribution in [0, 0.1) is 5.92 Å². The molecule has 0 bridgehead atoms. The van der Waals surface area contributed by atoms with Crippen molar-refractivity contribution in [3.05, 3.63) is 0 Å².